The summed E-state index contributed by atoms with van der Waals surface area (Å²) in [6.07, 6.45) is 7.72. The fourth-order valence-electron chi connectivity index (χ4n) is 1.84. The topological polar surface area (TPSA) is 74.8 Å². The fraction of sp³-hybridized carbons (Fsp3) is 0.545. The van der Waals surface area contributed by atoms with Crippen LogP contribution in [0.4, 0.5) is 0 Å². The Morgan fingerprint density at radius 3 is 2.94 bits per heavy atom. The quantitative estimate of drug-likeness (QED) is 0.714. The third kappa shape index (κ3) is 2.29. The molecule has 1 fully saturated rings. The lowest BCUT2D eigenvalue weighted by Gasteiger charge is -2.37. The van der Waals surface area contributed by atoms with Gasteiger partial charge in [-0.2, -0.15) is 0 Å². The average Bonchev–Trinajstić information content (AvgIpc) is 2.73. The summed E-state index contributed by atoms with van der Waals surface area (Å²) in [5.41, 5.74) is 0.370. The molecular formula is C11H15N3O2. The van der Waals surface area contributed by atoms with E-state index in [4.69, 9.17) is 0 Å². The highest BCUT2D eigenvalue weighted by Crippen LogP contribution is 2.29. The summed E-state index contributed by atoms with van der Waals surface area (Å²) in [5.74, 6) is -0.0681. The van der Waals surface area contributed by atoms with Crippen molar-refractivity contribution >= 4 is 12.2 Å². The van der Waals surface area contributed by atoms with E-state index in [-0.39, 0.29) is 5.91 Å². The standard InChI is InChI=1S/C11H15N3O2/c15-7-11(4-1-5-11)14-10(16)3-2-9-6-12-8-13-9/h6-8H,1-5H2,(H,12,13)(H,14,16). The molecule has 0 atom stereocenters. The van der Waals surface area contributed by atoms with E-state index in [0.717, 1.165) is 31.2 Å². The van der Waals surface area contributed by atoms with E-state index in [1.165, 1.54) is 0 Å². The Hall–Kier alpha value is -1.65. The van der Waals surface area contributed by atoms with Gasteiger partial charge in [-0.25, -0.2) is 4.98 Å². The van der Waals surface area contributed by atoms with Gasteiger partial charge in [-0.3, -0.25) is 4.79 Å². The number of carbonyl (C=O) groups is 2. The number of aldehydes is 1. The second kappa shape index (κ2) is 4.47. The highest BCUT2D eigenvalue weighted by Gasteiger charge is 2.37. The molecule has 0 bridgehead atoms. The molecule has 5 nitrogen and oxygen atoms in total. The van der Waals surface area contributed by atoms with E-state index < -0.39 is 5.54 Å². The molecule has 0 aromatic carbocycles. The molecule has 16 heavy (non-hydrogen) atoms. The van der Waals surface area contributed by atoms with Gasteiger partial charge in [0, 0.05) is 18.3 Å². The minimum atomic E-state index is -0.564. The van der Waals surface area contributed by atoms with Crippen LogP contribution in [0.15, 0.2) is 12.5 Å². The lowest BCUT2D eigenvalue weighted by atomic mass is 9.78. The van der Waals surface area contributed by atoms with Crippen LogP contribution in [-0.2, 0) is 16.0 Å². The van der Waals surface area contributed by atoms with Crippen LogP contribution >= 0.6 is 0 Å². The highest BCUT2D eigenvalue weighted by atomic mass is 16.2. The summed E-state index contributed by atoms with van der Waals surface area (Å²) in [4.78, 5) is 29.3. The van der Waals surface area contributed by atoms with Gasteiger partial charge in [-0.15, -0.1) is 0 Å². The van der Waals surface area contributed by atoms with Crippen molar-refractivity contribution in [1.29, 1.82) is 0 Å². The third-order valence-corrected chi connectivity index (χ3v) is 3.04. The summed E-state index contributed by atoms with van der Waals surface area (Å²) in [6, 6.07) is 0. The number of amides is 1. The SMILES string of the molecule is O=CC1(NC(=O)CCc2cnc[nH]2)CCC1. The highest BCUT2D eigenvalue weighted by molar-refractivity contribution is 5.82. The van der Waals surface area contributed by atoms with E-state index >= 15 is 0 Å². The first-order valence-electron chi connectivity index (χ1n) is 5.49. The van der Waals surface area contributed by atoms with Gasteiger partial charge in [-0.1, -0.05) is 0 Å². The maximum Gasteiger partial charge on any atom is 0.221 e. The van der Waals surface area contributed by atoms with Crippen LogP contribution in [0, 0.1) is 0 Å². The number of nitrogens with zero attached hydrogens (tertiary/aromatic N) is 1. The first-order valence-corrected chi connectivity index (χ1v) is 5.49. The number of nitrogens with one attached hydrogen (secondary N) is 2. The Bertz CT molecular complexity index is 369. The first kappa shape index (κ1) is 10.9. The zero-order valence-electron chi connectivity index (χ0n) is 9.03. The van der Waals surface area contributed by atoms with E-state index in [9.17, 15) is 9.59 Å². The Morgan fingerprint density at radius 2 is 2.44 bits per heavy atom. The van der Waals surface area contributed by atoms with E-state index in [1.807, 2.05) is 0 Å². The van der Waals surface area contributed by atoms with Gasteiger partial charge in [0.1, 0.15) is 6.29 Å². The smallest absolute Gasteiger partial charge is 0.221 e. The molecule has 1 aromatic rings. The number of carbonyl (C=O) groups excluding carboxylic acids is 2. The van der Waals surface area contributed by atoms with Crippen molar-refractivity contribution in [2.75, 3.05) is 0 Å². The van der Waals surface area contributed by atoms with Crippen molar-refractivity contribution in [3.63, 3.8) is 0 Å². The molecule has 1 aliphatic carbocycles. The van der Waals surface area contributed by atoms with E-state index in [2.05, 4.69) is 15.3 Å². The van der Waals surface area contributed by atoms with Gasteiger partial charge in [-0.05, 0) is 25.7 Å². The van der Waals surface area contributed by atoms with Crippen LogP contribution in [0.3, 0.4) is 0 Å². The molecule has 1 aliphatic rings. The Balaban J connectivity index is 1.78. The Labute approximate surface area is 93.6 Å². The summed E-state index contributed by atoms with van der Waals surface area (Å²) >= 11 is 0. The van der Waals surface area contributed by atoms with Gasteiger partial charge >= 0.3 is 0 Å². The van der Waals surface area contributed by atoms with Crippen molar-refractivity contribution in [2.24, 2.45) is 0 Å². The summed E-state index contributed by atoms with van der Waals surface area (Å²) in [6.45, 7) is 0. The molecule has 5 heteroatoms. The zero-order chi connectivity index (χ0) is 11.4. The van der Waals surface area contributed by atoms with Gasteiger partial charge in [0.05, 0.1) is 11.9 Å². The number of H-pyrrole nitrogens is 1. The van der Waals surface area contributed by atoms with Crippen LogP contribution in [0.5, 0.6) is 0 Å². The average molecular weight is 221 g/mol. The Kier molecular flexibility index (Phi) is 3.03. The van der Waals surface area contributed by atoms with Crippen LogP contribution in [-0.4, -0.2) is 27.7 Å². The number of rotatable bonds is 5. The van der Waals surface area contributed by atoms with Gasteiger partial charge in [0.2, 0.25) is 5.91 Å². The molecule has 1 amide bonds. The van der Waals surface area contributed by atoms with E-state index in [0.29, 0.717) is 12.8 Å². The predicted octanol–water partition coefficient (Wildman–Crippen LogP) is 0.580. The molecule has 1 aromatic heterocycles. The minimum absolute atomic E-state index is 0.0681. The molecule has 86 valence electrons. The number of imidazole rings is 1. The molecule has 0 aliphatic heterocycles. The number of hydrogen-bond acceptors (Lipinski definition) is 3. The minimum Gasteiger partial charge on any atom is -0.348 e. The fourth-order valence-corrected chi connectivity index (χ4v) is 1.84. The summed E-state index contributed by atoms with van der Waals surface area (Å²) < 4.78 is 0. The maximum absolute atomic E-state index is 11.6. The molecule has 0 radical (unpaired) electrons. The van der Waals surface area contributed by atoms with Crippen LogP contribution in [0.25, 0.3) is 0 Å². The normalized spacial score (nSPS) is 17.5. The van der Waals surface area contributed by atoms with Crippen molar-refractivity contribution in [3.8, 4) is 0 Å². The van der Waals surface area contributed by atoms with Crippen molar-refractivity contribution in [3.05, 3.63) is 18.2 Å². The van der Waals surface area contributed by atoms with Crippen molar-refractivity contribution in [1.82, 2.24) is 15.3 Å². The second-order valence-electron chi connectivity index (χ2n) is 4.25. The number of aryl methyl sites for hydroxylation is 1. The third-order valence-electron chi connectivity index (χ3n) is 3.04. The first-order chi connectivity index (χ1) is 7.74. The number of aromatic nitrogens is 2. The van der Waals surface area contributed by atoms with Crippen molar-refractivity contribution in [2.45, 2.75) is 37.6 Å². The zero-order valence-corrected chi connectivity index (χ0v) is 9.03. The molecular weight excluding hydrogens is 206 g/mol. The molecule has 2 rings (SSSR count). The van der Waals surface area contributed by atoms with Gasteiger partial charge in [0.15, 0.2) is 0 Å². The van der Waals surface area contributed by atoms with Gasteiger partial charge in [0.25, 0.3) is 0 Å². The number of hydrogen-bond donors (Lipinski definition) is 2. The molecule has 1 heterocycles. The predicted molar refractivity (Wildman–Crippen MR) is 57.7 cm³/mol. The lowest BCUT2D eigenvalue weighted by Crippen LogP contribution is -2.54. The molecule has 0 unspecified atom stereocenters. The second-order valence-corrected chi connectivity index (χ2v) is 4.25. The van der Waals surface area contributed by atoms with Crippen LogP contribution < -0.4 is 5.32 Å². The monoisotopic (exact) mass is 221 g/mol. The molecule has 2 N–H and O–H groups in total. The van der Waals surface area contributed by atoms with E-state index in [1.54, 1.807) is 12.5 Å². The maximum atomic E-state index is 11.6. The lowest BCUT2D eigenvalue weighted by molar-refractivity contribution is -0.129. The molecule has 0 spiro atoms. The van der Waals surface area contributed by atoms with Crippen LogP contribution in [0.2, 0.25) is 0 Å². The Morgan fingerprint density at radius 1 is 1.62 bits per heavy atom. The number of aromatic amines is 1. The van der Waals surface area contributed by atoms with Gasteiger partial charge < -0.3 is 15.1 Å². The molecule has 0 saturated heterocycles. The summed E-state index contributed by atoms with van der Waals surface area (Å²) in [7, 11) is 0. The van der Waals surface area contributed by atoms with Crippen LogP contribution in [0.1, 0.15) is 31.4 Å². The molecule has 1 saturated carbocycles. The summed E-state index contributed by atoms with van der Waals surface area (Å²) in [5, 5.41) is 2.80. The van der Waals surface area contributed by atoms with Crippen molar-refractivity contribution < 1.29 is 9.59 Å². The largest absolute Gasteiger partial charge is 0.348 e.